The van der Waals surface area contributed by atoms with Crippen molar-refractivity contribution in [3.05, 3.63) is 29.4 Å². The zero-order valence-corrected chi connectivity index (χ0v) is 6.89. The highest BCUT2D eigenvalue weighted by Gasteiger charge is 1.86. The average Bonchev–Trinajstić information content (AvgIpc) is 2.36. The van der Waals surface area contributed by atoms with E-state index in [1.807, 2.05) is 19.9 Å². The van der Waals surface area contributed by atoms with E-state index in [0.29, 0.717) is 0 Å². The van der Waals surface area contributed by atoms with Crippen LogP contribution in [0.5, 0.6) is 0 Å². The standard InChI is InChI=1S/C9H12N2/c1-4-5-8-6-10-11-9(8)7(2)3/h4-6,11H,1H2,2-3H3/b8-5-. The SMILES string of the molecule is C=C/C=c1/cn[nH]c1=C(C)C. The monoisotopic (exact) mass is 148 g/mol. The van der Waals surface area contributed by atoms with Crippen LogP contribution < -0.4 is 10.6 Å². The minimum atomic E-state index is 1.09. The Kier molecular flexibility index (Phi) is 2.26. The highest BCUT2D eigenvalue weighted by Crippen LogP contribution is 1.79. The van der Waals surface area contributed by atoms with Crippen LogP contribution in [-0.4, -0.2) is 10.2 Å². The van der Waals surface area contributed by atoms with Gasteiger partial charge in [-0.05, 0) is 13.8 Å². The normalized spacial score (nSPS) is 11.6. The van der Waals surface area contributed by atoms with Crippen LogP contribution in [0.15, 0.2) is 18.9 Å². The van der Waals surface area contributed by atoms with Gasteiger partial charge in [0.15, 0.2) is 0 Å². The van der Waals surface area contributed by atoms with Crippen molar-refractivity contribution in [2.75, 3.05) is 0 Å². The smallest absolute Gasteiger partial charge is 0.0636 e. The van der Waals surface area contributed by atoms with Crippen molar-refractivity contribution in [1.82, 2.24) is 10.2 Å². The molecule has 0 bridgehead atoms. The molecule has 0 aliphatic rings. The lowest BCUT2D eigenvalue weighted by molar-refractivity contribution is 1.05. The van der Waals surface area contributed by atoms with E-state index in [9.17, 15) is 0 Å². The zero-order valence-electron chi connectivity index (χ0n) is 6.89. The van der Waals surface area contributed by atoms with Crippen molar-refractivity contribution in [2.45, 2.75) is 13.8 Å². The molecular weight excluding hydrogens is 136 g/mol. The summed E-state index contributed by atoms with van der Waals surface area (Å²) in [5.41, 5.74) is 1.23. The van der Waals surface area contributed by atoms with Crippen LogP contribution in [0.2, 0.25) is 0 Å². The first-order valence-electron chi connectivity index (χ1n) is 3.55. The molecule has 0 saturated carbocycles. The van der Waals surface area contributed by atoms with E-state index in [0.717, 1.165) is 10.6 Å². The molecule has 0 unspecified atom stereocenters. The van der Waals surface area contributed by atoms with Crippen molar-refractivity contribution in [3.8, 4) is 0 Å². The molecule has 1 rings (SSSR count). The molecule has 0 amide bonds. The molecule has 0 aliphatic carbocycles. The van der Waals surface area contributed by atoms with Gasteiger partial charge in [-0.2, -0.15) is 5.10 Å². The Bertz CT molecular complexity index is 353. The maximum Gasteiger partial charge on any atom is 0.0636 e. The second-order valence-electron chi connectivity index (χ2n) is 2.60. The molecule has 1 heterocycles. The third-order valence-electron chi connectivity index (χ3n) is 1.47. The predicted molar refractivity (Wildman–Crippen MR) is 47.3 cm³/mol. The molecule has 0 aliphatic heterocycles. The number of aromatic nitrogens is 2. The number of hydrogen-bond acceptors (Lipinski definition) is 1. The van der Waals surface area contributed by atoms with Gasteiger partial charge in [-0.25, -0.2) is 0 Å². The fourth-order valence-corrected chi connectivity index (χ4v) is 0.949. The topological polar surface area (TPSA) is 28.7 Å². The lowest BCUT2D eigenvalue weighted by atomic mass is 10.3. The Balaban J connectivity index is 3.52. The third kappa shape index (κ3) is 1.58. The number of hydrogen-bond donors (Lipinski definition) is 1. The van der Waals surface area contributed by atoms with Crippen LogP contribution in [0.1, 0.15) is 13.8 Å². The van der Waals surface area contributed by atoms with Gasteiger partial charge in [0.05, 0.1) is 11.5 Å². The molecule has 1 aromatic heterocycles. The third-order valence-corrected chi connectivity index (χ3v) is 1.47. The van der Waals surface area contributed by atoms with Gasteiger partial charge in [0.25, 0.3) is 0 Å². The first-order chi connectivity index (χ1) is 5.25. The lowest BCUT2D eigenvalue weighted by Crippen LogP contribution is -2.23. The molecule has 2 heteroatoms. The van der Waals surface area contributed by atoms with E-state index in [2.05, 4.69) is 16.8 Å². The lowest BCUT2D eigenvalue weighted by Gasteiger charge is -1.82. The molecule has 0 radical (unpaired) electrons. The molecule has 0 atom stereocenters. The zero-order chi connectivity index (χ0) is 8.27. The minimum Gasteiger partial charge on any atom is -0.278 e. The van der Waals surface area contributed by atoms with E-state index in [4.69, 9.17) is 0 Å². The largest absolute Gasteiger partial charge is 0.278 e. The van der Waals surface area contributed by atoms with Gasteiger partial charge in [-0.15, -0.1) is 0 Å². The summed E-state index contributed by atoms with van der Waals surface area (Å²) in [6.45, 7) is 7.73. The first kappa shape index (κ1) is 7.79. The fraction of sp³-hybridized carbons (Fsp3) is 0.222. The van der Waals surface area contributed by atoms with Gasteiger partial charge in [0, 0.05) is 5.22 Å². The summed E-state index contributed by atoms with van der Waals surface area (Å²) in [4.78, 5) is 0. The van der Waals surface area contributed by atoms with Crippen molar-refractivity contribution >= 4 is 11.6 Å². The summed E-state index contributed by atoms with van der Waals surface area (Å²) >= 11 is 0. The van der Waals surface area contributed by atoms with Crippen LogP contribution in [0.25, 0.3) is 11.6 Å². The van der Waals surface area contributed by atoms with E-state index in [1.54, 1.807) is 12.3 Å². The maximum atomic E-state index is 3.94. The maximum absolute atomic E-state index is 3.94. The molecule has 0 aromatic carbocycles. The number of nitrogens with zero attached hydrogens (tertiary/aromatic N) is 1. The summed E-state index contributed by atoms with van der Waals surface area (Å²) in [7, 11) is 0. The Morgan fingerprint density at radius 3 is 2.91 bits per heavy atom. The number of nitrogens with one attached hydrogen (secondary N) is 1. The Morgan fingerprint density at radius 2 is 2.36 bits per heavy atom. The molecule has 58 valence electrons. The highest BCUT2D eigenvalue weighted by molar-refractivity contribution is 5.41. The Hall–Kier alpha value is -1.31. The van der Waals surface area contributed by atoms with Crippen molar-refractivity contribution in [3.63, 3.8) is 0 Å². The number of H-pyrrole nitrogens is 1. The molecule has 2 nitrogen and oxygen atoms in total. The van der Waals surface area contributed by atoms with Crippen LogP contribution >= 0.6 is 0 Å². The first-order valence-corrected chi connectivity index (χ1v) is 3.55. The minimum absolute atomic E-state index is 1.09. The van der Waals surface area contributed by atoms with E-state index in [1.165, 1.54) is 5.57 Å². The van der Waals surface area contributed by atoms with Crippen LogP contribution in [0, 0.1) is 0 Å². The van der Waals surface area contributed by atoms with Gasteiger partial charge in [-0.3, -0.25) is 5.10 Å². The van der Waals surface area contributed by atoms with Crippen molar-refractivity contribution < 1.29 is 0 Å². The number of allylic oxidation sites excluding steroid dienone is 1. The van der Waals surface area contributed by atoms with E-state index in [-0.39, 0.29) is 0 Å². The molecule has 0 saturated heterocycles. The molecule has 0 spiro atoms. The van der Waals surface area contributed by atoms with Gasteiger partial charge in [-0.1, -0.05) is 24.3 Å². The Labute approximate surface area is 65.9 Å². The summed E-state index contributed by atoms with van der Waals surface area (Å²) < 4.78 is 0. The van der Waals surface area contributed by atoms with Gasteiger partial charge >= 0.3 is 0 Å². The summed E-state index contributed by atoms with van der Waals surface area (Å²) in [6.07, 6.45) is 5.49. The summed E-state index contributed by atoms with van der Waals surface area (Å²) in [5.74, 6) is 0. The molecule has 1 aromatic rings. The van der Waals surface area contributed by atoms with Gasteiger partial charge < -0.3 is 0 Å². The summed E-state index contributed by atoms with van der Waals surface area (Å²) in [5, 5.41) is 9.05. The molecule has 1 N–H and O–H groups in total. The second-order valence-corrected chi connectivity index (χ2v) is 2.60. The Morgan fingerprint density at radius 1 is 1.64 bits per heavy atom. The van der Waals surface area contributed by atoms with Gasteiger partial charge in [0.2, 0.25) is 0 Å². The van der Waals surface area contributed by atoms with Crippen LogP contribution in [-0.2, 0) is 0 Å². The average molecular weight is 148 g/mol. The van der Waals surface area contributed by atoms with Crippen LogP contribution in [0.3, 0.4) is 0 Å². The second kappa shape index (κ2) is 3.19. The fourth-order valence-electron chi connectivity index (χ4n) is 0.949. The molecule has 11 heavy (non-hydrogen) atoms. The van der Waals surface area contributed by atoms with E-state index < -0.39 is 0 Å². The number of rotatable bonds is 1. The van der Waals surface area contributed by atoms with Crippen molar-refractivity contribution in [2.24, 2.45) is 0 Å². The van der Waals surface area contributed by atoms with Crippen LogP contribution in [0.4, 0.5) is 0 Å². The predicted octanol–water partition coefficient (Wildman–Crippen LogP) is 0.567. The molecular formula is C9H12N2. The number of aromatic amines is 1. The van der Waals surface area contributed by atoms with E-state index >= 15 is 0 Å². The quantitative estimate of drug-likeness (QED) is 0.619. The highest BCUT2D eigenvalue weighted by atomic mass is 15.1. The van der Waals surface area contributed by atoms with Gasteiger partial charge in [0.1, 0.15) is 0 Å². The van der Waals surface area contributed by atoms with Crippen molar-refractivity contribution in [1.29, 1.82) is 0 Å². The molecule has 0 fully saturated rings. The summed E-state index contributed by atoms with van der Waals surface area (Å²) in [6, 6.07) is 0.